The minimum absolute atomic E-state index is 0.0529. The van der Waals surface area contributed by atoms with E-state index >= 15 is 0 Å². The quantitative estimate of drug-likeness (QED) is 0.157. The van der Waals surface area contributed by atoms with Crippen molar-refractivity contribution in [2.75, 3.05) is 4.90 Å². The lowest BCUT2D eigenvalue weighted by Gasteiger charge is -2.28. The Morgan fingerprint density at radius 3 is 1.52 bits per heavy atom. The molecule has 0 unspecified atom stereocenters. The van der Waals surface area contributed by atoms with Crippen molar-refractivity contribution in [1.29, 1.82) is 0 Å². The van der Waals surface area contributed by atoms with Crippen LogP contribution in [0, 0.1) is 0 Å². The van der Waals surface area contributed by atoms with Crippen molar-refractivity contribution < 1.29 is 56.2 Å². The molecule has 0 spiro atoms. The Kier molecular flexibility index (Phi) is 2.83. The number of benzene rings is 9. The fraction of sp³-hybridized carbons (Fsp3) is 0.0545. The van der Waals surface area contributed by atoms with E-state index in [-0.39, 0.29) is 4.90 Å². The number of hydrogen-bond donors (Lipinski definition) is 0. The van der Waals surface area contributed by atoms with Crippen LogP contribution in [0.3, 0.4) is 0 Å². The lowest BCUT2D eigenvalue weighted by atomic mass is 9.82. The van der Waals surface area contributed by atoms with Crippen molar-refractivity contribution in [1.82, 2.24) is 0 Å². The standard InChI is InChI=1S/C55H41N/c1-55(2)52-20-12-11-19-50(52)51-36-34-47(37-53(51)55)56(45-30-25-41(26-31-45)39-15-7-4-8-16-39)46-32-27-43(28-33-46)49-35-29-42-17-9-10-18-48(42)54(49)44-23-21-40(22-24-44)38-13-5-3-6-14-38/h3-37H,1-2H3/i1D3,2D3,3D,4D,5D,6D,7D,8D,9D,10D,11D,12D,13D,14D,15D,16D,17D,18D,19D,20D,21D,22D,23D,24D,25D,26D,27D,28D,29D,30D,31D,32D,33D,34D,35D,36D,37D. The van der Waals surface area contributed by atoms with Gasteiger partial charge in [0.25, 0.3) is 0 Å². The molecule has 0 N–H and O–H groups in total. The second-order valence-corrected chi connectivity index (χ2v) is 11.8. The van der Waals surface area contributed by atoms with Crippen LogP contribution in [0.1, 0.15) is 81.0 Å². The minimum Gasteiger partial charge on any atom is -0.310 e. The van der Waals surface area contributed by atoms with Gasteiger partial charge in [-0.3, -0.25) is 0 Å². The highest BCUT2D eigenvalue weighted by molar-refractivity contribution is 6.04. The molecule has 0 amide bonds. The zero-order valence-electron chi connectivity index (χ0n) is 68.9. The molecule has 266 valence electrons. The first-order valence-electron chi connectivity index (χ1n) is 36.7. The van der Waals surface area contributed by atoms with Gasteiger partial charge in [0.2, 0.25) is 0 Å². The first-order valence-corrected chi connectivity index (χ1v) is 16.2. The molecule has 0 saturated carbocycles. The van der Waals surface area contributed by atoms with Crippen LogP contribution in [0.15, 0.2) is 211 Å². The van der Waals surface area contributed by atoms with E-state index in [0.717, 1.165) is 0 Å². The molecule has 0 aromatic heterocycles. The molecule has 1 nitrogen and oxygen atoms in total. The van der Waals surface area contributed by atoms with Gasteiger partial charge in [-0.2, -0.15) is 0 Å². The van der Waals surface area contributed by atoms with Crippen LogP contribution in [0.25, 0.3) is 66.4 Å². The normalized spacial score (nSPS) is 23.4. The Balaban J connectivity index is 1.44. The predicted molar refractivity (Wildman–Crippen MR) is 238 cm³/mol. The smallest absolute Gasteiger partial charge is 0.0648 e. The third kappa shape index (κ3) is 5.81. The zero-order chi connectivity index (χ0) is 73.1. The molecular formula is C55H41N. The summed E-state index contributed by atoms with van der Waals surface area (Å²) in [4.78, 5) is 0.0529. The van der Waals surface area contributed by atoms with Gasteiger partial charge in [0.15, 0.2) is 0 Å². The van der Waals surface area contributed by atoms with E-state index < -0.39 is 325 Å². The maximum atomic E-state index is 10.1. The average Bonchev–Trinajstić information content (AvgIpc) is 1.52. The molecule has 0 radical (unpaired) electrons. The second-order valence-electron chi connectivity index (χ2n) is 11.8. The van der Waals surface area contributed by atoms with E-state index in [0.29, 0.717) is 0 Å². The molecule has 0 heterocycles. The van der Waals surface area contributed by atoms with E-state index in [2.05, 4.69) is 0 Å². The summed E-state index contributed by atoms with van der Waals surface area (Å²) >= 11 is 0. The van der Waals surface area contributed by atoms with Gasteiger partial charge in [-0.25, -0.2) is 0 Å². The molecule has 0 saturated heterocycles. The van der Waals surface area contributed by atoms with Crippen LogP contribution in [0.2, 0.25) is 0 Å². The van der Waals surface area contributed by atoms with Gasteiger partial charge in [0.1, 0.15) is 0 Å². The van der Waals surface area contributed by atoms with Gasteiger partial charge in [0.05, 0.1) is 48.0 Å². The number of hydrogen-bond acceptors (Lipinski definition) is 1. The van der Waals surface area contributed by atoms with Crippen LogP contribution >= 0.6 is 0 Å². The molecule has 1 aliphatic carbocycles. The Morgan fingerprint density at radius 1 is 0.375 bits per heavy atom. The molecule has 56 heavy (non-hydrogen) atoms. The van der Waals surface area contributed by atoms with Gasteiger partial charge in [-0.1, -0.05) is 189 Å². The van der Waals surface area contributed by atoms with Crippen LogP contribution < -0.4 is 4.90 Å². The average molecular weight is 757 g/mol. The van der Waals surface area contributed by atoms with Crippen molar-refractivity contribution in [2.45, 2.75) is 19.1 Å². The van der Waals surface area contributed by atoms with Gasteiger partial charge in [-0.15, -0.1) is 0 Å². The van der Waals surface area contributed by atoms with Gasteiger partial charge >= 0.3 is 0 Å². The van der Waals surface area contributed by atoms with Crippen molar-refractivity contribution in [3.63, 3.8) is 0 Å². The fourth-order valence-corrected chi connectivity index (χ4v) is 5.96. The summed E-state index contributed by atoms with van der Waals surface area (Å²) in [6.45, 7) is -8.23. The van der Waals surface area contributed by atoms with Gasteiger partial charge in [-0.05, 0) is 114 Å². The number of fused-ring (bicyclic) bond motifs is 4. The van der Waals surface area contributed by atoms with E-state index in [9.17, 15) is 24.7 Å². The Hall–Kier alpha value is -6.96. The minimum atomic E-state index is -4.12. The lowest BCUT2D eigenvalue weighted by molar-refractivity contribution is 0.660. The van der Waals surface area contributed by atoms with Gasteiger partial charge < -0.3 is 4.90 Å². The molecular weight excluding hydrogens is 675 g/mol. The van der Waals surface area contributed by atoms with Crippen LogP contribution in [0.4, 0.5) is 17.1 Å². The SMILES string of the molecule is [2H]c1c([2H])c([2H])c(-c2c([2H])c([2H])c(-c3c(-c4c([2H])c([2H])c(N(c5c([2H])c([2H])c(-c6c([2H])c([2H])c([2H])c([2H])c6[2H])c([2H])c5[2H])c5c([2H])c([2H])c6c(c5[2H])C(C([2H])([2H])[2H])(C([2H])([2H])[2H])c5c([2H])c([2H])c([2H])c([2H])c5-6)c([2H])c4[2H])c([2H])c([2H])c4c([2H])c([2H])c([2H])c([2H])c34)c([2H])c2[2H])c([2H])c1[2H]. The van der Waals surface area contributed by atoms with E-state index in [4.69, 9.17) is 31.5 Å². The molecule has 0 bridgehead atoms. The van der Waals surface area contributed by atoms with Crippen molar-refractivity contribution in [3.05, 3.63) is 223 Å². The highest BCUT2D eigenvalue weighted by Crippen LogP contribution is 2.51. The summed E-state index contributed by atoms with van der Waals surface area (Å²) in [5.41, 5.74) is -21.6. The summed E-state index contributed by atoms with van der Waals surface area (Å²) in [5, 5.41) is -1.83. The largest absolute Gasteiger partial charge is 0.310 e. The number of nitrogens with zero attached hydrogens (tertiary/aromatic N) is 1. The fourth-order valence-electron chi connectivity index (χ4n) is 5.96. The van der Waals surface area contributed by atoms with Crippen LogP contribution in [0.5, 0.6) is 0 Å². The molecule has 10 rings (SSSR count). The lowest BCUT2D eigenvalue weighted by Crippen LogP contribution is -2.16. The summed E-state index contributed by atoms with van der Waals surface area (Å²) in [6.07, 6.45) is 0. The van der Waals surface area contributed by atoms with E-state index in [1.54, 1.807) is 0 Å². The molecule has 0 fully saturated rings. The zero-order valence-corrected chi connectivity index (χ0v) is 27.9. The van der Waals surface area contributed by atoms with Crippen molar-refractivity contribution in [2.24, 2.45) is 0 Å². The molecule has 1 aliphatic rings. The summed E-state index contributed by atoms with van der Waals surface area (Å²) in [6, 6.07) is -43.6. The Labute approximate surface area is 387 Å². The monoisotopic (exact) mass is 757 g/mol. The highest BCUT2D eigenvalue weighted by Gasteiger charge is 2.35. The first-order chi connectivity index (χ1) is 44.6. The predicted octanol–water partition coefficient (Wildman–Crippen LogP) is 15.3. The molecule has 9 aromatic rings. The topological polar surface area (TPSA) is 3.24 Å². The third-order valence-electron chi connectivity index (χ3n) is 8.51. The van der Waals surface area contributed by atoms with Crippen molar-refractivity contribution >= 4 is 27.8 Å². The van der Waals surface area contributed by atoms with Crippen LogP contribution in [-0.2, 0) is 5.41 Å². The molecule has 0 aliphatic heterocycles. The van der Waals surface area contributed by atoms with Crippen molar-refractivity contribution in [3.8, 4) is 55.6 Å². The second kappa shape index (κ2) is 13.7. The van der Waals surface area contributed by atoms with Gasteiger partial charge in [0, 0.05) is 30.7 Å². The van der Waals surface area contributed by atoms with E-state index in [1.807, 2.05) is 0 Å². The van der Waals surface area contributed by atoms with Crippen LogP contribution in [-0.4, -0.2) is 0 Å². The third-order valence-corrected chi connectivity index (χ3v) is 8.51. The maximum Gasteiger partial charge on any atom is 0.0648 e. The highest BCUT2D eigenvalue weighted by atomic mass is 15.1. The van der Waals surface area contributed by atoms with E-state index in [1.165, 1.54) is 0 Å². The molecule has 9 aromatic carbocycles. The maximum absolute atomic E-state index is 10.1. The summed E-state index contributed by atoms with van der Waals surface area (Å²) in [7, 11) is 0. The Morgan fingerprint density at radius 2 is 0.857 bits per heavy atom. The number of rotatable bonds is 7. The Bertz CT molecular complexity index is 4980. The molecule has 1 heteroatoms. The summed E-state index contributed by atoms with van der Waals surface area (Å²) in [5.74, 6) is 0. The first kappa shape index (κ1) is 11.5. The number of anilines is 3. The molecule has 0 atom stereocenters. The summed E-state index contributed by atoms with van der Waals surface area (Å²) < 4.78 is 373.